The Morgan fingerprint density at radius 2 is 2.10 bits per heavy atom. The summed E-state index contributed by atoms with van der Waals surface area (Å²) in [6.07, 6.45) is 0. The molecule has 5 heteroatoms. The fraction of sp³-hybridized carbons (Fsp3) is 0.333. The van der Waals surface area contributed by atoms with Crippen molar-refractivity contribution in [3.05, 3.63) is 46.8 Å². The van der Waals surface area contributed by atoms with Gasteiger partial charge in [0.2, 0.25) is 0 Å². The second-order valence-corrected chi connectivity index (χ2v) is 4.82. The summed E-state index contributed by atoms with van der Waals surface area (Å²) < 4.78 is 10.8. The zero-order valence-electron chi connectivity index (χ0n) is 12.1. The number of aromatic nitrogens is 1. The van der Waals surface area contributed by atoms with Crippen molar-refractivity contribution < 1.29 is 14.1 Å². The third kappa shape index (κ3) is 2.99. The lowest BCUT2D eigenvalue weighted by atomic mass is 10.2. The maximum Gasteiger partial charge on any atom is 0.253 e. The predicted molar refractivity (Wildman–Crippen MR) is 74.8 cm³/mol. The Morgan fingerprint density at radius 3 is 2.70 bits per heavy atom. The summed E-state index contributed by atoms with van der Waals surface area (Å²) in [6, 6.07) is 7.13. The molecule has 5 nitrogen and oxygen atoms in total. The molecule has 0 bridgehead atoms. The van der Waals surface area contributed by atoms with Crippen LogP contribution in [0.4, 0.5) is 0 Å². The van der Waals surface area contributed by atoms with Gasteiger partial charge in [-0.15, -0.1) is 0 Å². The number of amides is 1. The van der Waals surface area contributed by atoms with E-state index in [1.165, 1.54) is 4.90 Å². The lowest BCUT2D eigenvalue weighted by Crippen LogP contribution is -2.21. The summed E-state index contributed by atoms with van der Waals surface area (Å²) in [5.41, 5.74) is 2.36. The number of hydrogen-bond acceptors (Lipinski definition) is 4. The fourth-order valence-corrected chi connectivity index (χ4v) is 1.84. The highest BCUT2D eigenvalue weighted by Crippen LogP contribution is 2.18. The van der Waals surface area contributed by atoms with E-state index >= 15 is 0 Å². The largest absolute Gasteiger partial charge is 0.489 e. The lowest BCUT2D eigenvalue weighted by molar-refractivity contribution is 0.0827. The number of hydrogen-bond donors (Lipinski definition) is 0. The standard InChI is InChI=1S/C15H18N2O3/c1-10-14(11(2)20-16-10)9-19-13-7-5-6-12(8-13)15(18)17(3)4/h5-8H,9H2,1-4H3. The van der Waals surface area contributed by atoms with Gasteiger partial charge in [-0.05, 0) is 32.0 Å². The number of benzene rings is 1. The smallest absolute Gasteiger partial charge is 0.253 e. The Morgan fingerprint density at radius 1 is 1.35 bits per heavy atom. The van der Waals surface area contributed by atoms with E-state index < -0.39 is 0 Å². The van der Waals surface area contributed by atoms with Gasteiger partial charge >= 0.3 is 0 Å². The van der Waals surface area contributed by atoms with Gasteiger partial charge in [0.15, 0.2) is 0 Å². The van der Waals surface area contributed by atoms with Crippen molar-refractivity contribution in [2.45, 2.75) is 20.5 Å². The van der Waals surface area contributed by atoms with E-state index in [1.54, 1.807) is 32.3 Å². The fourth-order valence-electron chi connectivity index (χ4n) is 1.84. The van der Waals surface area contributed by atoms with Crippen LogP contribution in [0.15, 0.2) is 28.8 Å². The molecule has 20 heavy (non-hydrogen) atoms. The van der Waals surface area contributed by atoms with Gasteiger partial charge in [-0.2, -0.15) is 0 Å². The number of ether oxygens (including phenoxy) is 1. The van der Waals surface area contributed by atoms with Gasteiger partial charge in [0.1, 0.15) is 18.1 Å². The molecule has 1 amide bonds. The molecular formula is C15H18N2O3. The quantitative estimate of drug-likeness (QED) is 0.859. The van der Waals surface area contributed by atoms with Gasteiger partial charge in [0, 0.05) is 19.7 Å². The average molecular weight is 274 g/mol. The van der Waals surface area contributed by atoms with Gasteiger partial charge in [0.05, 0.1) is 11.3 Å². The van der Waals surface area contributed by atoms with Crippen LogP contribution in [0.2, 0.25) is 0 Å². The molecule has 0 N–H and O–H groups in total. The van der Waals surface area contributed by atoms with E-state index in [9.17, 15) is 4.79 Å². The minimum absolute atomic E-state index is 0.0483. The second-order valence-electron chi connectivity index (χ2n) is 4.82. The maximum atomic E-state index is 11.9. The van der Waals surface area contributed by atoms with Gasteiger partial charge in [-0.25, -0.2) is 0 Å². The van der Waals surface area contributed by atoms with Crippen LogP contribution in [0.1, 0.15) is 27.4 Å². The maximum absolute atomic E-state index is 11.9. The van der Waals surface area contributed by atoms with Crippen LogP contribution in [0, 0.1) is 13.8 Å². The molecule has 0 fully saturated rings. The van der Waals surface area contributed by atoms with Crippen LogP contribution in [-0.4, -0.2) is 30.1 Å². The van der Waals surface area contributed by atoms with Gasteiger partial charge in [-0.1, -0.05) is 11.2 Å². The van der Waals surface area contributed by atoms with E-state index in [2.05, 4.69) is 5.16 Å². The molecule has 0 saturated carbocycles. The number of nitrogens with zero attached hydrogens (tertiary/aromatic N) is 2. The van der Waals surface area contributed by atoms with Crippen LogP contribution in [-0.2, 0) is 6.61 Å². The van der Waals surface area contributed by atoms with Crippen LogP contribution in [0.25, 0.3) is 0 Å². The summed E-state index contributed by atoms with van der Waals surface area (Å²) in [7, 11) is 3.44. The van der Waals surface area contributed by atoms with Crippen molar-refractivity contribution in [3.63, 3.8) is 0 Å². The average Bonchev–Trinajstić information content (AvgIpc) is 2.75. The molecule has 0 saturated heterocycles. The van der Waals surface area contributed by atoms with Crippen molar-refractivity contribution in [2.75, 3.05) is 14.1 Å². The summed E-state index contributed by atoms with van der Waals surface area (Å²) in [6.45, 7) is 4.10. The topological polar surface area (TPSA) is 55.6 Å². The molecule has 0 radical (unpaired) electrons. The van der Waals surface area contributed by atoms with Crippen LogP contribution < -0.4 is 4.74 Å². The zero-order valence-corrected chi connectivity index (χ0v) is 12.1. The molecule has 0 aliphatic rings. The molecule has 0 unspecified atom stereocenters. The van der Waals surface area contributed by atoms with E-state index in [1.807, 2.05) is 19.9 Å². The lowest BCUT2D eigenvalue weighted by Gasteiger charge is -2.11. The first-order valence-electron chi connectivity index (χ1n) is 6.35. The van der Waals surface area contributed by atoms with Crippen LogP contribution in [0.5, 0.6) is 5.75 Å². The van der Waals surface area contributed by atoms with Gasteiger partial charge in [0.25, 0.3) is 5.91 Å². The molecule has 1 heterocycles. The van der Waals surface area contributed by atoms with E-state index in [0.29, 0.717) is 17.9 Å². The summed E-state index contributed by atoms with van der Waals surface area (Å²) in [5, 5.41) is 3.88. The Balaban J connectivity index is 2.11. The molecule has 106 valence electrons. The number of aryl methyl sites for hydroxylation is 2. The van der Waals surface area contributed by atoms with Crippen molar-refractivity contribution in [3.8, 4) is 5.75 Å². The molecular weight excluding hydrogens is 256 g/mol. The number of carbonyl (C=O) groups is 1. The van der Waals surface area contributed by atoms with Gasteiger partial charge < -0.3 is 14.2 Å². The normalized spacial score (nSPS) is 10.4. The Hall–Kier alpha value is -2.30. The third-order valence-electron chi connectivity index (χ3n) is 3.05. The van der Waals surface area contributed by atoms with Crippen molar-refractivity contribution in [2.24, 2.45) is 0 Å². The van der Waals surface area contributed by atoms with E-state index in [4.69, 9.17) is 9.26 Å². The molecule has 2 aromatic rings. The Labute approximate surface area is 118 Å². The Bertz CT molecular complexity index is 598. The number of rotatable bonds is 4. The predicted octanol–water partition coefficient (Wildman–Crippen LogP) is 2.57. The first kappa shape index (κ1) is 14.1. The molecule has 0 aliphatic carbocycles. The molecule has 2 rings (SSSR count). The third-order valence-corrected chi connectivity index (χ3v) is 3.05. The summed E-state index contributed by atoms with van der Waals surface area (Å²) >= 11 is 0. The number of carbonyl (C=O) groups excluding carboxylic acids is 1. The molecule has 1 aromatic carbocycles. The SMILES string of the molecule is Cc1noc(C)c1COc1cccc(C(=O)N(C)C)c1. The minimum atomic E-state index is -0.0483. The van der Waals surface area contributed by atoms with Crippen LogP contribution >= 0.6 is 0 Å². The zero-order chi connectivity index (χ0) is 14.7. The highest BCUT2D eigenvalue weighted by atomic mass is 16.5. The van der Waals surface area contributed by atoms with Crippen molar-refractivity contribution in [1.82, 2.24) is 10.1 Å². The second kappa shape index (κ2) is 5.77. The highest BCUT2D eigenvalue weighted by molar-refractivity contribution is 5.94. The van der Waals surface area contributed by atoms with Crippen molar-refractivity contribution in [1.29, 1.82) is 0 Å². The minimum Gasteiger partial charge on any atom is -0.489 e. The first-order chi connectivity index (χ1) is 9.49. The summed E-state index contributed by atoms with van der Waals surface area (Å²) in [4.78, 5) is 13.4. The Kier molecular flexibility index (Phi) is 4.08. The van der Waals surface area contributed by atoms with Gasteiger partial charge in [-0.3, -0.25) is 4.79 Å². The first-order valence-corrected chi connectivity index (χ1v) is 6.35. The van der Waals surface area contributed by atoms with Crippen molar-refractivity contribution >= 4 is 5.91 Å². The molecule has 0 spiro atoms. The van der Waals surface area contributed by atoms with E-state index in [-0.39, 0.29) is 5.91 Å². The molecule has 1 aromatic heterocycles. The highest BCUT2D eigenvalue weighted by Gasteiger charge is 2.11. The summed E-state index contributed by atoms with van der Waals surface area (Å²) in [5.74, 6) is 1.36. The molecule has 0 aliphatic heterocycles. The molecule has 0 atom stereocenters. The van der Waals surface area contributed by atoms with E-state index in [0.717, 1.165) is 17.0 Å². The van der Waals surface area contributed by atoms with Crippen LogP contribution in [0.3, 0.4) is 0 Å². The monoisotopic (exact) mass is 274 g/mol.